The quantitative estimate of drug-likeness (QED) is 0.712. The molecule has 1 rings (SSSR count). The standard InChI is InChI=1S/C9H12N2O3/c1-9(2,3)7-4-6(11-14-7)8(13)10-5-12/h4-5H,1-3H3,(H,10,12,13). The van der Waals surface area contributed by atoms with Crippen LogP contribution in [0.15, 0.2) is 10.6 Å². The third kappa shape index (κ3) is 2.18. The molecule has 1 aromatic rings. The Bertz CT molecular complexity index is 349. The predicted molar refractivity (Wildman–Crippen MR) is 48.7 cm³/mol. The van der Waals surface area contributed by atoms with Crippen molar-refractivity contribution in [3.05, 3.63) is 17.5 Å². The highest BCUT2D eigenvalue weighted by atomic mass is 16.5. The van der Waals surface area contributed by atoms with E-state index in [0.717, 1.165) is 0 Å². The molecule has 14 heavy (non-hydrogen) atoms. The minimum atomic E-state index is -0.556. The van der Waals surface area contributed by atoms with Crippen LogP contribution in [0.5, 0.6) is 0 Å². The van der Waals surface area contributed by atoms with E-state index in [9.17, 15) is 9.59 Å². The maximum Gasteiger partial charge on any atom is 0.279 e. The highest BCUT2D eigenvalue weighted by Gasteiger charge is 2.21. The van der Waals surface area contributed by atoms with Gasteiger partial charge in [0.2, 0.25) is 6.41 Å². The largest absolute Gasteiger partial charge is 0.360 e. The van der Waals surface area contributed by atoms with Crippen molar-refractivity contribution >= 4 is 12.3 Å². The summed E-state index contributed by atoms with van der Waals surface area (Å²) in [4.78, 5) is 21.1. The van der Waals surface area contributed by atoms with E-state index in [0.29, 0.717) is 12.2 Å². The van der Waals surface area contributed by atoms with Gasteiger partial charge in [0.1, 0.15) is 5.76 Å². The van der Waals surface area contributed by atoms with E-state index in [1.165, 1.54) is 6.07 Å². The van der Waals surface area contributed by atoms with E-state index in [4.69, 9.17) is 4.52 Å². The van der Waals surface area contributed by atoms with Crippen LogP contribution in [0.25, 0.3) is 0 Å². The van der Waals surface area contributed by atoms with Crippen LogP contribution in [0.1, 0.15) is 37.0 Å². The van der Waals surface area contributed by atoms with Gasteiger partial charge in [-0.25, -0.2) is 0 Å². The number of amides is 2. The molecule has 1 N–H and O–H groups in total. The summed E-state index contributed by atoms with van der Waals surface area (Å²) in [5.41, 5.74) is -0.0887. The summed E-state index contributed by atoms with van der Waals surface area (Å²) >= 11 is 0. The lowest BCUT2D eigenvalue weighted by Gasteiger charge is -2.11. The van der Waals surface area contributed by atoms with E-state index in [2.05, 4.69) is 5.16 Å². The number of nitrogens with zero attached hydrogens (tertiary/aromatic N) is 1. The summed E-state index contributed by atoms with van der Waals surface area (Å²) in [5.74, 6) is 0.0489. The zero-order chi connectivity index (χ0) is 10.8. The molecule has 5 nitrogen and oxygen atoms in total. The van der Waals surface area contributed by atoms with Crippen LogP contribution in [0.3, 0.4) is 0 Å². The van der Waals surface area contributed by atoms with Gasteiger partial charge in [-0.1, -0.05) is 25.9 Å². The van der Waals surface area contributed by atoms with Crippen LogP contribution in [-0.2, 0) is 10.2 Å². The number of aromatic nitrogens is 1. The lowest BCUT2D eigenvalue weighted by molar-refractivity contribution is -0.108. The fraction of sp³-hybridized carbons (Fsp3) is 0.444. The molecule has 0 aliphatic rings. The summed E-state index contributed by atoms with van der Waals surface area (Å²) < 4.78 is 4.97. The Morgan fingerprint density at radius 3 is 2.64 bits per heavy atom. The topological polar surface area (TPSA) is 72.2 Å². The molecule has 1 heterocycles. The third-order valence-corrected chi connectivity index (χ3v) is 1.67. The van der Waals surface area contributed by atoms with Crippen LogP contribution in [-0.4, -0.2) is 17.5 Å². The number of hydrogen-bond acceptors (Lipinski definition) is 4. The molecule has 0 radical (unpaired) electrons. The smallest absolute Gasteiger partial charge is 0.279 e. The van der Waals surface area contributed by atoms with Gasteiger partial charge in [-0.15, -0.1) is 0 Å². The number of imide groups is 1. The zero-order valence-corrected chi connectivity index (χ0v) is 8.33. The Balaban J connectivity index is 2.88. The molecule has 0 spiro atoms. The van der Waals surface area contributed by atoms with Gasteiger partial charge in [0.15, 0.2) is 5.69 Å². The van der Waals surface area contributed by atoms with Crippen molar-refractivity contribution in [2.24, 2.45) is 0 Å². The van der Waals surface area contributed by atoms with Gasteiger partial charge >= 0.3 is 0 Å². The Labute approximate surface area is 81.5 Å². The highest BCUT2D eigenvalue weighted by molar-refractivity contribution is 5.98. The van der Waals surface area contributed by atoms with Crippen LogP contribution in [0.2, 0.25) is 0 Å². The number of hydrogen-bond donors (Lipinski definition) is 1. The number of rotatable bonds is 2. The van der Waals surface area contributed by atoms with Crippen LogP contribution < -0.4 is 5.32 Å². The first-order valence-corrected chi connectivity index (χ1v) is 4.17. The number of carbonyl (C=O) groups is 2. The van der Waals surface area contributed by atoms with Gasteiger partial charge < -0.3 is 4.52 Å². The second kappa shape index (κ2) is 3.61. The van der Waals surface area contributed by atoms with Crippen molar-refractivity contribution in [1.29, 1.82) is 0 Å². The Kier molecular flexibility index (Phi) is 2.69. The lowest BCUT2D eigenvalue weighted by atomic mass is 9.93. The fourth-order valence-electron chi connectivity index (χ4n) is 0.863. The highest BCUT2D eigenvalue weighted by Crippen LogP contribution is 2.22. The maximum atomic E-state index is 11.1. The fourth-order valence-corrected chi connectivity index (χ4v) is 0.863. The molecular weight excluding hydrogens is 184 g/mol. The first kappa shape index (κ1) is 10.4. The molecule has 0 fully saturated rings. The van der Waals surface area contributed by atoms with Gasteiger partial charge in [-0.05, 0) is 0 Å². The number of nitrogens with one attached hydrogen (secondary N) is 1. The number of carbonyl (C=O) groups excluding carboxylic acids is 2. The minimum Gasteiger partial charge on any atom is -0.360 e. The van der Waals surface area contributed by atoms with Crippen LogP contribution in [0, 0.1) is 0 Å². The van der Waals surface area contributed by atoms with Gasteiger partial charge in [-0.2, -0.15) is 0 Å². The molecule has 76 valence electrons. The average Bonchev–Trinajstić information content (AvgIpc) is 2.51. The molecule has 0 saturated carbocycles. The maximum absolute atomic E-state index is 11.1. The summed E-state index contributed by atoms with van der Waals surface area (Å²) in [7, 11) is 0. The summed E-state index contributed by atoms with van der Waals surface area (Å²) in [6.45, 7) is 5.82. The molecule has 2 amide bonds. The molecule has 0 bridgehead atoms. The van der Waals surface area contributed by atoms with Gasteiger partial charge in [0.25, 0.3) is 5.91 Å². The van der Waals surface area contributed by atoms with E-state index >= 15 is 0 Å². The van der Waals surface area contributed by atoms with Gasteiger partial charge in [-0.3, -0.25) is 14.9 Å². The monoisotopic (exact) mass is 196 g/mol. The summed E-state index contributed by atoms with van der Waals surface area (Å²) in [5, 5.41) is 5.54. The Morgan fingerprint density at radius 1 is 1.57 bits per heavy atom. The molecule has 5 heteroatoms. The summed E-state index contributed by atoms with van der Waals surface area (Å²) in [6, 6.07) is 1.53. The third-order valence-electron chi connectivity index (χ3n) is 1.67. The van der Waals surface area contributed by atoms with Crippen molar-refractivity contribution in [2.75, 3.05) is 0 Å². The van der Waals surface area contributed by atoms with Crippen LogP contribution in [0.4, 0.5) is 0 Å². The predicted octanol–water partition coefficient (Wildman–Crippen LogP) is 0.858. The Hall–Kier alpha value is -1.65. The van der Waals surface area contributed by atoms with Crippen molar-refractivity contribution in [1.82, 2.24) is 10.5 Å². The first-order chi connectivity index (χ1) is 6.45. The molecule has 1 aromatic heterocycles. The van der Waals surface area contributed by atoms with Crippen molar-refractivity contribution in [3.8, 4) is 0 Å². The second-order valence-corrected chi connectivity index (χ2v) is 3.92. The van der Waals surface area contributed by atoms with Gasteiger partial charge in [0.05, 0.1) is 0 Å². The van der Waals surface area contributed by atoms with E-state index in [-0.39, 0.29) is 11.1 Å². The second-order valence-electron chi connectivity index (χ2n) is 3.92. The molecule has 0 aromatic carbocycles. The molecule has 0 atom stereocenters. The van der Waals surface area contributed by atoms with Crippen molar-refractivity contribution in [2.45, 2.75) is 26.2 Å². The normalized spacial score (nSPS) is 11.1. The SMILES string of the molecule is CC(C)(C)c1cc(C(=O)NC=O)no1. The average molecular weight is 196 g/mol. The minimum absolute atomic E-state index is 0.113. The van der Waals surface area contributed by atoms with Gasteiger partial charge in [0, 0.05) is 11.5 Å². The molecule has 0 saturated heterocycles. The zero-order valence-electron chi connectivity index (χ0n) is 8.33. The molecule has 0 unspecified atom stereocenters. The molecular formula is C9H12N2O3. The lowest BCUT2D eigenvalue weighted by Crippen LogP contribution is -2.21. The summed E-state index contributed by atoms with van der Waals surface area (Å²) in [6.07, 6.45) is 0.313. The van der Waals surface area contributed by atoms with Crippen molar-refractivity contribution < 1.29 is 14.1 Å². The molecule has 0 aliphatic carbocycles. The van der Waals surface area contributed by atoms with Crippen molar-refractivity contribution in [3.63, 3.8) is 0 Å². The van der Waals surface area contributed by atoms with Crippen LogP contribution >= 0.6 is 0 Å². The molecule has 0 aliphatic heterocycles. The van der Waals surface area contributed by atoms with E-state index in [1.54, 1.807) is 0 Å². The Morgan fingerprint density at radius 2 is 2.21 bits per heavy atom. The van der Waals surface area contributed by atoms with E-state index in [1.807, 2.05) is 26.1 Å². The first-order valence-electron chi connectivity index (χ1n) is 4.17. The van der Waals surface area contributed by atoms with E-state index < -0.39 is 5.91 Å².